The number of nitrogens with zero attached hydrogens (tertiary/aromatic N) is 1. The van der Waals surface area contributed by atoms with Crippen molar-refractivity contribution in [1.29, 1.82) is 0 Å². The van der Waals surface area contributed by atoms with Crippen LogP contribution in [0.1, 0.15) is 49.4 Å². The first-order valence-corrected chi connectivity index (χ1v) is 10.1. The summed E-state index contributed by atoms with van der Waals surface area (Å²) in [6.45, 7) is 3.11. The Balaban J connectivity index is 0.00000280. The molecule has 1 heterocycles. The van der Waals surface area contributed by atoms with Gasteiger partial charge in [-0.05, 0) is 38.0 Å². The normalized spacial score (nSPS) is 22.8. The molecule has 1 saturated heterocycles. The summed E-state index contributed by atoms with van der Waals surface area (Å²) in [4.78, 5) is 27.1. The molecule has 2 N–H and O–H groups in total. The molecule has 6 nitrogen and oxygen atoms in total. The van der Waals surface area contributed by atoms with Gasteiger partial charge >= 0.3 is 0 Å². The summed E-state index contributed by atoms with van der Waals surface area (Å²) in [6, 6.07) is 4.92. The average molecular weight is 430 g/mol. The summed E-state index contributed by atoms with van der Waals surface area (Å²) in [7, 11) is 1.85. The van der Waals surface area contributed by atoms with Crippen LogP contribution in [0.4, 0.5) is 5.69 Å². The van der Waals surface area contributed by atoms with Gasteiger partial charge in [0.05, 0.1) is 23.3 Å². The number of amides is 2. The highest BCUT2D eigenvalue weighted by Crippen LogP contribution is 2.26. The summed E-state index contributed by atoms with van der Waals surface area (Å²) in [6.07, 6.45) is 5.47. The zero-order valence-electron chi connectivity index (χ0n) is 16.4. The van der Waals surface area contributed by atoms with Crippen LogP contribution in [0.15, 0.2) is 18.2 Å². The lowest BCUT2D eigenvalue weighted by atomic mass is 9.94. The van der Waals surface area contributed by atoms with Gasteiger partial charge in [0.25, 0.3) is 5.91 Å². The fourth-order valence-corrected chi connectivity index (χ4v) is 4.10. The number of halogens is 2. The van der Waals surface area contributed by atoms with Crippen LogP contribution in [-0.2, 0) is 9.53 Å². The molecule has 0 unspecified atom stereocenters. The molecule has 2 aliphatic rings. The molecule has 156 valence electrons. The highest BCUT2D eigenvalue weighted by atomic mass is 35.5. The van der Waals surface area contributed by atoms with Gasteiger partial charge in [0.15, 0.2) is 0 Å². The van der Waals surface area contributed by atoms with E-state index in [0.717, 1.165) is 12.8 Å². The number of carbonyl (C=O) groups excluding carboxylic acids is 2. The Morgan fingerprint density at radius 3 is 2.61 bits per heavy atom. The minimum atomic E-state index is -0.406. The largest absolute Gasteiger partial charge is 0.375 e. The summed E-state index contributed by atoms with van der Waals surface area (Å²) >= 11 is 6.37. The Morgan fingerprint density at radius 2 is 1.96 bits per heavy atom. The molecule has 1 aliphatic heterocycles. The maximum absolute atomic E-state index is 12.8. The molecule has 1 saturated carbocycles. The highest BCUT2D eigenvalue weighted by molar-refractivity contribution is 6.34. The van der Waals surface area contributed by atoms with Gasteiger partial charge in [-0.1, -0.05) is 30.9 Å². The van der Waals surface area contributed by atoms with Crippen molar-refractivity contribution in [3.05, 3.63) is 28.8 Å². The van der Waals surface area contributed by atoms with Crippen molar-refractivity contribution in [2.45, 2.75) is 57.2 Å². The quantitative estimate of drug-likeness (QED) is 0.768. The standard InChI is InChI=1S/C20H28ClN3O3.ClH/c1-13-18(22-10-11-27-13)19(25)23-14-8-9-16(17(21)12-14)20(26)24(2)15-6-4-3-5-7-15;/h8-9,12-13,15,18,22H,3-7,10-11H2,1-2H3,(H,23,25);1H/t13-,18+;/m1./s1. The van der Waals surface area contributed by atoms with Crippen LogP contribution >= 0.6 is 24.0 Å². The first kappa shape index (κ1) is 22.9. The molecule has 1 aromatic rings. The van der Waals surface area contributed by atoms with Crippen LogP contribution in [0.25, 0.3) is 0 Å². The third-order valence-corrected chi connectivity index (χ3v) is 5.82. The predicted octanol–water partition coefficient (Wildman–Crippen LogP) is 3.48. The van der Waals surface area contributed by atoms with Crippen molar-refractivity contribution in [3.63, 3.8) is 0 Å². The van der Waals surface area contributed by atoms with Crippen molar-refractivity contribution >= 4 is 41.5 Å². The zero-order chi connectivity index (χ0) is 19.4. The number of hydrogen-bond acceptors (Lipinski definition) is 4. The first-order valence-electron chi connectivity index (χ1n) is 9.70. The minimum Gasteiger partial charge on any atom is -0.375 e. The van der Waals surface area contributed by atoms with Crippen molar-refractivity contribution in [3.8, 4) is 0 Å². The Morgan fingerprint density at radius 1 is 1.25 bits per heavy atom. The fraction of sp³-hybridized carbons (Fsp3) is 0.600. The second kappa shape index (κ2) is 10.4. The number of nitrogens with one attached hydrogen (secondary N) is 2. The Kier molecular flexibility index (Phi) is 8.56. The first-order chi connectivity index (χ1) is 13.0. The van der Waals surface area contributed by atoms with E-state index in [1.54, 1.807) is 18.2 Å². The SMILES string of the molecule is C[C@H]1OCCN[C@@H]1C(=O)Nc1ccc(C(=O)N(C)C2CCCCC2)c(Cl)c1.Cl. The van der Waals surface area contributed by atoms with E-state index >= 15 is 0 Å². The number of hydrogen-bond donors (Lipinski definition) is 2. The smallest absolute Gasteiger partial charge is 0.255 e. The third kappa shape index (κ3) is 5.38. The van der Waals surface area contributed by atoms with Crippen molar-refractivity contribution < 1.29 is 14.3 Å². The molecule has 2 amide bonds. The zero-order valence-corrected chi connectivity index (χ0v) is 17.9. The van der Waals surface area contributed by atoms with Crippen LogP contribution in [0.3, 0.4) is 0 Å². The molecule has 0 radical (unpaired) electrons. The van der Waals surface area contributed by atoms with Crippen molar-refractivity contribution in [2.75, 3.05) is 25.5 Å². The van der Waals surface area contributed by atoms with E-state index in [9.17, 15) is 9.59 Å². The third-order valence-electron chi connectivity index (χ3n) is 5.51. The van der Waals surface area contributed by atoms with Crippen LogP contribution in [-0.4, -0.2) is 55.1 Å². The van der Waals surface area contributed by atoms with Gasteiger partial charge in [0.1, 0.15) is 6.04 Å². The fourth-order valence-electron chi connectivity index (χ4n) is 3.84. The molecule has 3 rings (SSSR count). The molecular weight excluding hydrogens is 401 g/mol. The molecule has 2 atom stereocenters. The molecule has 28 heavy (non-hydrogen) atoms. The molecule has 1 aliphatic carbocycles. The maximum Gasteiger partial charge on any atom is 0.255 e. The van der Waals surface area contributed by atoms with Gasteiger partial charge in [-0.25, -0.2) is 0 Å². The molecule has 8 heteroatoms. The van der Waals surface area contributed by atoms with Crippen LogP contribution < -0.4 is 10.6 Å². The van der Waals surface area contributed by atoms with Gasteiger partial charge < -0.3 is 20.3 Å². The number of rotatable bonds is 4. The molecule has 0 bridgehead atoms. The van der Waals surface area contributed by atoms with Gasteiger partial charge in [0.2, 0.25) is 5.91 Å². The predicted molar refractivity (Wildman–Crippen MR) is 114 cm³/mol. The summed E-state index contributed by atoms with van der Waals surface area (Å²) in [5.74, 6) is -0.239. The lowest BCUT2D eigenvalue weighted by Crippen LogP contribution is -2.53. The minimum absolute atomic E-state index is 0. The second-order valence-corrected chi connectivity index (χ2v) is 7.81. The van der Waals surface area contributed by atoms with Gasteiger partial charge in [-0.3, -0.25) is 9.59 Å². The number of benzene rings is 1. The Hall–Kier alpha value is -1.34. The van der Waals surface area contributed by atoms with E-state index in [1.807, 2.05) is 18.9 Å². The van der Waals surface area contributed by atoms with E-state index in [0.29, 0.717) is 29.4 Å². The van der Waals surface area contributed by atoms with E-state index < -0.39 is 6.04 Å². The molecule has 0 spiro atoms. The van der Waals surface area contributed by atoms with E-state index in [4.69, 9.17) is 16.3 Å². The average Bonchev–Trinajstić information content (AvgIpc) is 2.68. The number of carbonyl (C=O) groups is 2. The van der Waals surface area contributed by atoms with E-state index in [-0.39, 0.29) is 36.4 Å². The number of ether oxygens (including phenoxy) is 1. The van der Waals surface area contributed by atoms with Crippen LogP contribution in [0, 0.1) is 0 Å². The number of morpholine rings is 1. The lowest BCUT2D eigenvalue weighted by molar-refractivity contribution is -0.123. The van der Waals surface area contributed by atoms with Gasteiger partial charge in [-0.2, -0.15) is 0 Å². The lowest BCUT2D eigenvalue weighted by Gasteiger charge is -2.31. The van der Waals surface area contributed by atoms with Gasteiger partial charge in [0, 0.05) is 25.3 Å². The van der Waals surface area contributed by atoms with E-state index in [1.165, 1.54) is 19.3 Å². The topological polar surface area (TPSA) is 70.7 Å². The molecule has 1 aromatic carbocycles. The van der Waals surface area contributed by atoms with Crippen molar-refractivity contribution in [2.24, 2.45) is 0 Å². The molecule has 0 aromatic heterocycles. The van der Waals surface area contributed by atoms with Crippen LogP contribution in [0.5, 0.6) is 0 Å². The number of anilines is 1. The van der Waals surface area contributed by atoms with Crippen LogP contribution in [0.2, 0.25) is 5.02 Å². The summed E-state index contributed by atoms with van der Waals surface area (Å²) in [5, 5.41) is 6.35. The highest BCUT2D eigenvalue weighted by Gasteiger charge is 2.29. The Bertz CT molecular complexity index is 695. The maximum atomic E-state index is 12.8. The monoisotopic (exact) mass is 429 g/mol. The summed E-state index contributed by atoms with van der Waals surface area (Å²) < 4.78 is 5.51. The molecule has 2 fully saturated rings. The van der Waals surface area contributed by atoms with E-state index in [2.05, 4.69) is 10.6 Å². The second-order valence-electron chi connectivity index (χ2n) is 7.40. The van der Waals surface area contributed by atoms with Gasteiger partial charge in [-0.15, -0.1) is 12.4 Å². The Labute approximate surface area is 177 Å². The molecular formula is C20H29Cl2N3O3. The summed E-state index contributed by atoms with van der Waals surface area (Å²) in [5.41, 5.74) is 1.04. The van der Waals surface area contributed by atoms with Crippen molar-refractivity contribution in [1.82, 2.24) is 10.2 Å².